The molecule has 4 rings (SSSR count). The first-order valence-corrected chi connectivity index (χ1v) is 12.9. The molecular weight excluding hydrogens is 438 g/mol. The van der Waals surface area contributed by atoms with Gasteiger partial charge in [-0.2, -0.15) is 0 Å². The molecule has 35 heavy (non-hydrogen) atoms. The van der Waals surface area contributed by atoms with Crippen LogP contribution in [0.1, 0.15) is 36.8 Å². The number of rotatable bonds is 7. The predicted octanol–water partition coefficient (Wildman–Crippen LogP) is 3.88. The summed E-state index contributed by atoms with van der Waals surface area (Å²) in [5.74, 6) is 0.0194. The molecule has 0 atom stereocenters. The lowest BCUT2D eigenvalue weighted by atomic mass is 10.1. The molecule has 2 aromatic rings. The van der Waals surface area contributed by atoms with Crippen LogP contribution >= 0.6 is 0 Å². The van der Waals surface area contributed by atoms with Gasteiger partial charge < -0.3 is 15.5 Å². The van der Waals surface area contributed by atoms with Crippen LogP contribution in [0.15, 0.2) is 42.5 Å². The summed E-state index contributed by atoms with van der Waals surface area (Å²) in [6, 6.07) is 14.3. The molecule has 2 aliphatic rings. The SMILES string of the molecule is Cc1cccc(C)c1NC(=O)CN1CCN(CC(=O)Nc2ccc(N3CCCCCC3)cc2)CC1. The average molecular weight is 478 g/mol. The minimum Gasteiger partial charge on any atom is -0.372 e. The van der Waals surface area contributed by atoms with Crippen LogP contribution < -0.4 is 15.5 Å². The van der Waals surface area contributed by atoms with Gasteiger partial charge in [0, 0.05) is 56.3 Å². The van der Waals surface area contributed by atoms with Crippen molar-refractivity contribution in [3.05, 3.63) is 53.6 Å². The number of para-hydroxylation sites is 1. The van der Waals surface area contributed by atoms with Gasteiger partial charge in [-0.3, -0.25) is 19.4 Å². The van der Waals surface area contributed by atoms with Gasteiger partial charge >= 0.3 is 0 Å². The first-order chi connectivity index (χ1) is 17.0. The van der Waals surface area contributed by atoms with E-state index in [1.807, 2.05) is 44.2 Å². The Hall–Kier alpha value is -2.90. The maximum Gasteiger partial charge on any atom is 0.238 e. The van der Waals surface area contributed by atoms with Gasteiger partial charge in [0.1, 0.15) is 0 Å². The molecule has 0 aliphatic carbocycles. The van der Waals surface area contributed by atoms with Crippen LogP contribution in [0, 0.1) is 13.8 Å². The van der Waals surface area contributed by atoms with E-state index in [4.69, 9.17) is 0 Å². The molecule has 0 bridgehead atoms. The number of hydrogen-bond acceptors (Lipinski definition) is 5. The fraction of sp³-hybridized carbons (Fsp3) is 0.500. The molecule has 2 N–H and O–H groups in total. The molecule has 2 heterocycles. The molecule has 2 amide bonds. The fourth-order valence-corrected chi connectivity index (χ4v) is 4.99. The van der Waals surface area contributed by atoms with E-state index >= 15 is 0 Å². The third-order valence-electron chi connectivity index (χ3n) is 7.07. The summed E-state index contributed by atoms with van der Waals surface area (Å²) in [4.78, 5) is 31.9. The zero-order chi connectivity index (χ0) is 24.6. The number of piperazine rings is 1. The standard InChI is InChI=1S/C28H39N5O2/c1-22-8-7-9-23(2)28(22)30-27(35)21-32-18-16-31(17-19-32)20-26(34)29-24-10-12-25(13-11-24)33-14-5-3-4-6-15-33/h7-13H,3-6,14-21H2,1-2H3,(H,29,34)(H,30,35). The topological polar surface area (TPSA) is 67.9 Å². The van der Waals surface area contributed by atoms with E-state index in [1.165, 1.54) is 31.4 Å². The zero-order valence-electron chi connectivity index (χ0n) is 21.2. The second kappa shape index (κ2) is 12.2. The van der Waals surface area contributed by atoms with Crippen LogP contribution in [0.3, 0.4) is 0 Å². The van der Waals surface area contributed by atoms with Crippen molar-refractivity contribution in [2.24, 2.45) is 0 Å². The first kappa shape index (κ1) is 25.2. The monoisotopic (exact) mass is 477 g/mol. The van der Waals surface area contributed by atoms with Gasteiger partial charge in [-0.05, 0) is 62.1 Å². The van der Waals surface area contributed by atoms with Crippen LogP contribution in [0.2, 0.25) is 0 Å². The lowest BCUT2D eigenvalue weighted by Gasteiger charge is -2.33. The normalized spacial score (nSPS) is 17.6. The van der Waals surface area contributed by atoms with E-state index in [-0.39, 0.29) is 11.8 Å². The summed E-state index contributed by atoms with van der Waals surface area (Å²) in [5, 5.41) is 6.10. The van der Waals surface area contributed by atoms with Crippen LogP contribution in [-0.2, 0) is 9.59 Å². The lowest BCUT2D eigenvalue weighted by molar-refractivity contribution is -0.120. The van der Waals surface area contributed by atoms with Crippen molar-refractivity contribution in [1.82, 2.24) is 9.80 Å². The maximum absolute atomic E-state index is 12.6. The largest absolute Gasteiger partial charge is 0.372 e. The molecule has 0 unspecified atom stereocenters. The number of hydrogen-bond donors (Lipinski definition) is 2. The molecule has 2 aliphatic heterocycles. The van der Waals surface area contributed by atoms with Gasteiger partial charge in [0.05, 0.1) is 13.1 Å². The van der Waals surface area contributed by atoms with Gasteiger partial charge in [-0.1, -0.05) is 31.0 Å². The van der Waals surface area contributed by atoms with Crippen molar-refractivity contribution in [3.63, 3.8) is 0 Å². The molecule has 2 saturated heterocycles. The van der Waals surface area contributed by atoms with E-state index in [0.717, 1.165) is 61.8 Å². The summed E-state index contributed by atoms with van der Waals surface area (Å²) in [6.07, 6.45) is 5.14. The predicted molar refractivity (Wildman–Crippen MR) is 143 cm³/mol. The quantitative estimate of drug-likeness (QED) is 0.634. The Morgan fingerprint density at radius 2 is 1.20 bits per heavy atom. The van der Waals surface area contributed by atoms with E-state index in [2.05, 4.69) is 37.5 Å². The number of nitrogens with one attached hydrogen (secondary N) is 2. The number of aryl methyl sites for hydroxylation is 2. The highest BCUT2D eigenvalue weighted by Gasteiger charge is 2.21. The van der Waals surface area contributed by atoms with Gasteiger partial charge in [-0.15, -0.1) is 0 Å². The van der Waals surface area contributed by atoms with Gasteiger partial charge in [0.25, 0.3) is 0 Å². The highest BCUT2D eigenvalue weighted by molar-refractivity contribution is 5.94. The molecule has 188 valence electrons. The Labute approximate surface area is 209 Å². The fourth-order valence-electron chi connectivity index (χ4n) is 4.99. The summed E-state index contributed by atoms with van der Waals surface area (Å²) in [6.45, 7) is 10.1. The summed E-state index contributed by atoms with van der Waals surface area (Å²) in [5.41, 5.74) is 5.14. The summed E-state index contributed by atoms with van der Waals surface area (Å²) >= 11 is 0. The van der Waals surface area contributed by atoms with E-state index in [1.54, 1.807) is 0 Å². The highest BCUT2D eigenvalue weighted by Crippen LogP contribution is 2.22. The third kappa shape index (κ3) is 7.29. The minimum atomic E-state index is 0.00810. The Morgan fingerprint density at radius 3 is 1.74 bits per heavy atom. The zero-order valence-corrected chi connectivity index (χ0v) is 21.2. The van der Waals surface area contributed by atoms with Gasteiger partial charge in [0.2, 0.25) is 11.8 Å². The van der Waals surface area contributed by atoms with Crippen molar-refractivity contribution in [1.29, 1.82) is 0 Å². The number of benzene rings is 2. The average Bonchev–Trinajstić information content (AvgIpc) is 3.13. The molecule has 0 spiro atoms. The number of carbonyl (C=O) groups excluding carboxylic acids is 2. The second-order valence-electron chi connectivity index (χ2n) is 9.86. The van der Waals surface area contributed by atoms with Crippen molar-refractivity contribution in [2.75, 3.05) is 67.9 Å². The lowest BCUT2D eigenvalue weighted by Crippen LogP contribution is -2.50. The number of carbonyl (C=O) groups is 2. The smallest absolute Gasteiger partial charge is 0.238 e. The van der Waals surface area contributed by atoms with Gasteiger partial charge in [0.15, 0.2) is 0 Å². The van der Waals surface area contributed by atoms with Crippen molar-refractivity contribution in [2.45, 2.75) is 39.5 Å². The van der Waals surface area contributed by atoms with Crippen molar-refractivity contribution in [3.8, 4) is 0 Å². The summed E-state index contributed by atoms with van der Waals surface area (Å²) in [7, 11) is 0. The van der Waals surface area contributed by atoms with Crippen LogP contribution in [0.4, 0.5) is 17.1 Å². The third-order valence-corrected chi connectivity index (χ3v) is 7.07. The molecule has 2 aromatic carbocycles. The molecule has 2 fully saturated rings. The Morgan fingerprint density at radius 1 is 0.686 bits per heavy atom. The summed E-state index contributed by atoms with van der Waals surface area (Å²) < 4.78 is 0. The minimum absolute atomic E-state index is 0.00810. The number of anilines is 3. The molecule has 0 aromatic heterocycles. The molecule has 7 heteroatoms. The van der Waals surface area contributed by atoms with Crippen molar-refractivity contribution >= 4 is 28.9 Å². The first-order valence-electron chi connectivity index (χ1n) is 12.9. The number of nitrogens with zero attached hydrogens (tertiary/aromatic N) is 3. The van der Waals surface area contributed by atoms with Crippen molar-refractivity contribution < 1.29 is 9.59 Å². The molecule has 0 saturated carbocycles. The Bertz CT molecular complexity index is 971. The van der Waals surface area contributed by atoms with E-state index in [0.29, 0.717) is 13.1 Å². The highest BCUT2D eigenvalue weighted by atomic mass is 16.2. The van der Waals surface area contributed by atoms with Crippen LogP contribution in [-0.4, -0.2) is 74.0 Å². The van der Waals surface area contributed by atoms with Crippen LogP contribution in [0.25, 0.3) is 0 Å². The van der Waals surface area contributed by atoms with E-state index < -0.39 is 0 Å². The Balaban J connectivity index is 1.18. The molecule has 7 nitrogen and oxygen atoms in total. The Kier molecular flexibility index (Phi) is 8.77. The van der Waals surface area contributed by atoms with E-state index in [9.17, 15) is 9.59 Å². The second-order valence-corrected chi connectivity index (χ2v) is 9.86. The number of amides is 2. The molecule has 0 radical (unpaired) electrons. The molecular formula is C28H39N5O2. The van der Waals surface area contributed by atoms with Crippen LogP contribution in [0.5, 0.6) is 0 Å². The maximum atomic E-state index is 12.6. The van der Waals surface area contributed by atoms with Gasteiger partial charge in [-0.25, -0.2) is 0 Å².